The Labute approximate surface area is 222 Å². The molecule has 1 fully saturated rings. The molecule has 5 rings (SSSR count). The van der Waals surface area contributed by atoms with Gasteiger partial charge in [0.05, 0.1) is 33.9 Å². The van der Waals surface area contributed by atoms with Gasteiger partial charge in [-0.15, -0.1) is 11.8 Å². The first kappa shape index (κ1) is 25.1. The molecule has 188 valence electrons. The molecule has 1 saturated heterocycles. The van der Waals surface area contributed by atoms with E-state index in [1.165, 1.54) is 5.56 Å². The van der Waals surface area contributed by atoms with Gasteiger partial charge in [0, 0.05) is 25.7 Å². The Kier molecular flexibility index (Phi) is 7.60. The second-order valence-electron chi connectivity index (χ2n) is 9.74. The third-order valence-electron chi connectivity index (χ3n) is 6.91. The Morgan fingerprint density at radius 1 is 1.03 bits per heavy atom. The molecule has 1 aromatic heterocycles. The van der Waals surface area contributed by atoms with Gasteiger partial charge >= 0.3 is 0 Å². The maximum atomic E-state index is 9.29. The highest BCUT2D eigenvalue weighted by molar-refractivity contribution is 7.99. The topological polar surface area (TPSA) is 97.9 Å². The molecule has 3 heterocycles. The highest BCUT2D eigenvalue weighted by Crippen LogP contribution is 2.40. The third-order valence-corrected chi connectivity index (χ3v) is 8.10. The van der Waals surface area contributed by atoms with Crippen molar-refractivity contribution in [3.63, 3.8) is 0 Å². The fourth-order valence-electron chi connectivity index (χ4n) is 4.97. The van der Waals surface area contributed by atoms with Crippen LogP contribution in [-0.4, -0.2) is 39.8 Å². The summed E-state index contributed by atoms with van der Waals surface area (Å²) in [4.78, 5) is 13.2. The molecule has 7 nitrogen and oxygen atoms in total. The van der Waals surface area contributed by atoms with Crippen LogP contribution in [0.3, 0.4) is 0 Å². The molecule has 0 spiro atoms. The van der Waals surface area contributed by atoms with Crippen LogP contribution >= 0.6 is 11.8 Å². The van der Waals surface area contributed by atoms with Crippen molar-refractivity contribution in [3.8, 4) is 23.8 Å². The summed E-state index contributed by atoms with van der Waals surface area (Å²) in [6.07, 6.45) is 4.03. The van der Waals surface area contributed by atoms with Gasteiger partial charge in [0.25, 0.3) is 0 Å². The van der Waals surface area contributed by atoms with Crippen LogP contribution < -0.4 is 10.1 Å². The van der Waals surface area contributed by atoms with Gasteiger partial charge in [-0.1, -0.05) is 12.1 Å². The number of hydrogen-bond donors (Lipinski definition) is 1. The van der Waals surface area contributed by atoms with Crippen molar-refractivity contribution in [2.24, 2.45) is 0 Å². The van der Waals surface area contributed by atoms with E-state index in [1.54, 1.807) is 11.8 Å². The number of anilines is 1. The van der Waals surface area contributed by atoms with Crippen molar-refractivity contribution in [2.45, 2.75) is 57.0 Å². The zero-order valence-corrected chi connectivity index (χ0v) is 22.1. The highest BCUT2D eigenvalue weighted by atomic mass is 32.2. The van der Waals surface area contributed by atoms with E-state index in [2.05, 4.69) is 22.4 Å². The first-order chi connectivity index (χ1) is 18.0. The van der Waals surface area contributed by atoms with Gasteiger partial charge in [-0.05, 0) is 86.2 Å². The lowest BCUT2D eigenvalue weighted by Gasteiger charge is -2.32. The van der Waals surface area contributed by atoms with Crippen molar-refractivity contribution < 1.29 is 4.74 Å². The number of nitrogens with zero attached hydrogens (tertiary/aromatic N) is 5. The van der Waals surface area contributed by atoms with Crippen LogP contribution in [0.25, 0.3) is 0 Å². The number of hydrogen-bond acceptors (Lipinski definition) is 8. The van der Waals surface area contributed by atoms with Crippen LogP contribution in [0.5, 0.6) is 11.6 Å². The van der Waals surface area contributed by atoms with Gasteiger partial charge in [0.2, 0.25) is 11.8 Å². The standard InChI is InChI=1S/C29H30N6OS/c1-19-14-23(17-31)15-20(2)26(19)36-28-27-25(4-3-13-37-27)33-29(34-28)32-24-9-11-35(12-10-24)18-22-7-5-21(16-30)6-8-22/h5-8,14-15,24H,3-4,9-13,18H2,1-2H3,(H,32,33,34). The number of aromatic nitrogens is 2. The summed E-state index contributed by atoms with van der Waals surface area (Å²) >= 11 is 1.76. The number of rotatable bonds is 6. The maximum absolute atomic E-state index is 9.29. The first-order valence-electron chi connectivity index (χ1n) is 12.7. The minimum absolute atomic E-state index is 0.303. The number of benzene rings is 2. The fraction of sp³-hybridized carbons (Fsp3) is 0.379. The molecule has 0 amide bonds. The van der Waals surface area contributed by atoms with Crippen LogP contribution in [0.4, 0.5) is 5.95 Å². The first-order valence-corrected chi connectivity index (χ1v) is 13.7. The molecule has 0 atom stereocenters. The summed E-state index contributed by atoms with van der Waals surface area (Å²) in [7, 11) is 0. The number of thioether (sulfide) groups is 1. The van der Waals surface area contributed by atoms with E-state index < -0.39 is 0 Å². The van der Waals surface area contributed by atoms with Gasteiger partial charge in [-0.3, -0.25) is 4.90 Å². The smallest absolute Gasteiger partial charge is 0.238 e. The van der Waals surface area contributed by atoms with Gasteiger partial charge in [-0.25, -0.2) is 4.98 Å². The molecule has 3 aromatic rings. The lowest BCUT2D eigenvalue weighted by atomic mass is 10.0. The molecule has 2 aromatic carbocycles. The van der Waals surface area contributed by atoms with Crippen LogP contribution in [0, 0.1) is 36.5 Å². The molecule has 2 aliphatic heterocycles. The molecule has 1 N–H and O–H groups in total. The lowest BCUT2D eigenvalue weighted by Crippen LogP contribution is -2.39. The number of fused-ring (bicyclic) bond motifs is 1. The maximum Gasteiger partial charge on any atom is 0.238 e. The van der Waals surface area contributed by atoms with E-state index >= 15 is 0 Å². The molecule has 0 radical (unpaired) electrons. The van der Waals surface area contributed by atoms with Gasteiger partial charge in [-0.2, -0.15) is 15.5 Å². The predicted octanol–water partition coefficient (Wildman–Crippen LogP) is 5.74. The zero-order chi connectivity index (χ0) is 25.8. The number of nitrogens with one attached hydrogen (secondary N) is 1. The van der Waals surface area contributed by atoms with Crippen molar-refractivity contribution >= 4 is 17.7 Å². The summed E-state index contributed by atoms with van der Waals surface area (Å²) in [6, 6.07) is 16.3. The SMILES string of the molecule is Cc1cc(C#N)cc(C)c1Oc1nc(NC2CCN(Cc3ccc(C#N)cc3)CC2)nc2c1SCCC2. The van der Waals surface area contributed by atoms with Crippen LogP contribution in [-0.2, 0) is 13.0 Å². The Morgan fingerprint density at radius 2 is 1.73 bits per heavy atom. The molecule has 37 heavy (non-hydrogen) atoms. The minimum atomic E-state index is 0.303. The lowest BCUT2D eigenvalue weighted by molar-refractivity contribution is 0.211. The highest BCUT2D eigenvalue weighted by Gasteiger charge is 2.24. The Balaban J connectivity index is 1.28. The van der Waals surface area contributed by atoms with Gasteiger partial charge in [0.15, 0.2) is 0 Å². The normalized spacial score (nSPS) is 15.9. The Bertz CT molecular complexity index is 1340. The van der Waals surface area contributed by atoms with Crippen molar-refractivity contribution in [1.82, 2.24) is 14.9 Å². The molecule has 0 aliphatic carbocycles. The molecule has 0 saturated carbocycles. The van der Waals surface area contributed by atoms with Crippen LogP contribution in [0.2, 0.25) is 0 Å². The van der Waals surface area contributed by atoms with Crippen molar-refractivity contribution in [2.75, 3.05) is 24.2 Å². The summed E-state index contributed by atoms with van der Waals surface area (Å²) < 4.78 is 6.42. The van der Waals surface area contributed by atoms with Gasteiger partial charge in [0.1, 0.15) is 5.75 Å². The summed E-state index contributed by atoms with van der Waals surface area (Å²) in [6.45, 7) is 6.81. The van der Waals surface area contributed by atoms with E-state index in [-0.39, 0.29) is 0 Å². The summed E-state index contributed by atoms with van der Waals surface area (Å²) in [5, 5.41) is 21.9. The average Bonchev–Trinajstić information content (AvgIpc) is 2.92. The molecule has 0 bridgehead atoms. The van der Waals surface area contributed by atoms with Crippen LogP contribution in [0.1, 0.15) is 52.8 Å². The molecule has 2 aliphatic rings. The average molecular weight is 511 g/mol. The Morgan fingerprint density at radius 3 is 2.41 bits per heavy atom. The molecule has 0 unspecified atom stereocenters. The van der Waals surface area contributed by atoms with Gasteiger partial charge < -0.3 is 10.1 Å². The molecule has 8 heteroatoms. The number of nitriles is 2. The molecular weight excluding hydrogens is 480 g/mol. The van der Waals surface area contributed by atoms with E-state index in [0.29, 0.717) is 29.0 Å². The molecular formula is C29H30N6OS. The number of aryl methyl sites for hydroxylation is 3. The minimum Gasteiger partial charge on any atom is -0.437 e. The fourth-order valence-corrected chi connectivity index (χ4v) is 5.99. The number of likely N-dealkylation sites (tertiary alicyclic amines) is 1. The zero-order valence-electron chi connectivity index (χ0n) is 21.3. The number of ether oxygens (including phenoxy) is 1. The second kappa shape index (κ2) is 11.2. The van der Waals surface area contributed by atoms with E-state index in [1.807, 2.05) is 50.2 Å². The van der Waals surface area contributed by atoms with Crippen molar-refractivity contribution in [3.05, 3.63) is 69.9 Å². The van der Waals surface area contributed by atoms with Crippen LogP contribution in [0.15, 0.2) is 41.3 Å². The van der Waals surface area contributed by atoms with E-state index in [0.717, 1.165) is 78.5 Å². The van der Waals surface area contributed by atoms with E-state index in [9.17, 15) is 5.26 Å². The third kappa shape index (κ3) is 5.88. The van der Waals surface area contributed by atoms with Crippen molar-refractivity contribution in [1.29, 1.82) is 10.5 Å². The largest absolute Gasteiger partial charge is 0.437 e. The quantitative estimate of drug-likeness (QED) is 0.448. The number of piperidine rings is 1. The summed E-state index contributed by atoms with van der Waals surface area (Å²) in [5.41, 5.74) is 5.46. The van der Waals surface area contributed by atoms with E-state index in [4.69, 9.17) is 20.0 Å². The Hall–Kier alpha value is -3.59. The summed E-state index contributed by atoms with van der Waals surface area (Å²) in [5.74, 6) is 3.02. The predicted molar refractivity (Wildman–Crippen MR) is 145 cm³/mol. The second-order valence-corrected chi connectivity index (χ2v) is 10.8. The monoisotopic (exact) mass is 510 g/mol.